The average molecular weight is 294 g/mol. The van der Waals surface area contributed by atoms with E-state index in [1.165, 1.54) is 44.9 Å². The fourth-order valence-electron chi connectivity index (χ4n) is 5.96. The Morgan fingerprint density at radius 2 is 1.81 bits per heavy atom. The molecule has 0 bridgehead atoms. The van der Waals surface area contributed by atoms with E-state index in [-0.39, 0.29) is 6.10 Å². The van der Waals surface area contributed by atoms with E-state index in [4.69, 9.17) is 0 Å². The van der Waals surface area contributed by atoms with Crippen LogP contribution in [0.4, 0.5) is 0 Å². The average Bonchev–Trinajstić information content (AvgIpc) is 3.03. The summed E-state index contributed by atoms with van der Waals surface area (Å²) in [5, 5.41) is 20.3. The van der Waals surface area contributed by atoms with Crippen molar-refractivity contribution in [1.82, 2.24) is 0 Å². The Balaban J connectivity index is 1.66. The Hall–Kier alpha value is -0.0800. The van der Waals surface area contributed by atoms with E-state index in [2.05, 4.69) is 6.92 Å². The molecule has 3 saturated carbocycles. The minimum atomic E-state index is -0.515. The van der Waals surface area contributed by atoms with E-state index in [1.54, 1.807) is 0 Å². The second kappa shape index (κ2) is 5.23. The van der Waals surface area contributed by atoms with Crippen molar-refractivity contribution in [2.45, 2.75) is 96.7 Å². The maximum Gasteiger partial charge on any atom is 0.0591 e. The van der Waals surface area contributed by atoms with Gasteiger partial charge in [0.1, 0.15) is 0 Å². The van der Waals surface area contributed by atoms with Crippen LogP contribution in [-0.2, 0) is 0 Å². The molecule has 2 nitrogen and oxygen atoms in total. The van der Waals surface area contributed by atoms with Gasteiger partial charge in [0.05, 0.1) is 11.7 Å². The topological polar surface area (TPSA) is 40.5 Å². The molecular formula is C19H34O2. The lowest BCUT2D eigenvalue weighted by atomic mass is 9.60. The zero-order chi connectivity index (χ0) is 15.3. The smallest absolute Gasteiger partial charge is 0.0591 e. The number of fused-ring (bicyclic) bond motifs is 1. The SMILES string of the molecule is CC(C)(O)CCCC1(C2CCC3[C@@H](O)CCC[C@@]32C)CC1. The van der Waals surface area contributed by atoms with Crippen molar-refractivity contribution < 1.29 is 10.2 Å². The summed E-state index contributed by atoms with van der Waals surface area (Å²) in [6.45, 7) is 6.34. The maximum atomic E-state index is 10.4. The van der Waals surface area contributed by atoms with E-state index in [0.29, 0.717) is 16.7 Å². The highest BCUT2D eigenvalue weighted by atomic mass is 16.3. The molecule has 0 amide bonds. The van der Waals surface area contributed by atoms with Crippen LogP contribution < -0.4 is 0 Å². The fraction of sp³-hybridized carbons (Fsp3) is 1.00. The third-order valence-corrected chi connectivity index (χ3v) is 7.18. The summed E-state index contributed by atoms with van der Waals surface area (Å²) in [6.07, 6.45) is 12.3. The number of aliphatic hydroxyl groups excluding tert-OH is 1. The van der Waals surface area contributed by atoms with E-state index in [0.717, 1.165) is 25.2 Å². The van der Waals surface area contributed by atoms with Gasteiger partial charge in [-0.25, -0.2) is 0 Å². The van der Waals surface area contributed by atoms with Crippen LogP contribution in [0.5, 0.6) is 0 Å². The van der Waals surface area contributed by atoms with Crippen LogP contribution in [0.2, 0.25) is 0 Å². The minimum Gasteiger partial charge on any atom is -0.393 e. The molecule has 4 atom stereocenters. The Morgan fingerprint density at radius 1 is 1.10 bits per heavy atom. The molecule has 0 aromatic heterocycles. The van der Waals surface area contributed by atoms with Gasteiger partial charge in [-0.1, -0.05) is 19.8 Å². The molecule has 0 heterocycles. The van der Waals surface area contributed by atoms with Gasteiger partial charge in [-0.3, -0.25) is 0 Å². The molecule has 2 heteroatoms. The van der Waals surface area contributed by atoms with Crippen molar-refractivity contribution in [2.24, 2.45) is 22.7 Å². The van der Waals surface area contributed by atoms with Gasteiger partial charge >= 0.3 is 0 Å². The number of hydrogen-bond donors (Lipinski definition) is 2. The monoisotopic (exact) mass is 294 g/mol. The Morgan fingerprint density at radius 3 is 2.43 bits per heavy atom. The number of rotatable bonds is 5. The molecule has 0 saturated heterocycles. The van der Waals surface area contributed by atoms with E-state index < -0.39 is 5.60 Å². The molecule has 3 rings (SSSR count). The van der Waals surface area contributed by atoms with Crippen molar-refractivity contribution in [3.05, 3.63) is 0 Å². The molecule has 0 radical (unpaired) electrons. The first kappa shape index (κ1) is 15.8. The molecule has 0 spiro atoms. The fourth-order valence-corrected chi connectivity index (χ4v) is 5.96. The van der Waals surface area contributed by atoms with Gasteiger partial charge in [-0.2, -0.15) is 0 Å². The summed E-state index contributed by atoms with van der Waals surface area (Å²) in [7, 11) is 0. The van der Waals surface area contributed by atoms with Gasteiger partial charge < -0.3 is 10.2 Å². The zero-order valence-electron chi connectivity index (χ0n) is 14.2. The third-order valence-electron chi connectivity index (χ3n) is 7.18. The van der Waals surface area contributed by atoms with E-state index >= 15 is 0 Å². The first-order valence-corrected chi connectivity index (χ1v) is 9.17. The molecule has 0 aliphatic heterocycles. The van der Waals surface area contributed by atoms with Crippen LogP contribution >= 0.6 is 0 Å². The summed E-state index contributed by atoms with van der Waals surface area (Å²) in [6, 6.07) is 0. The van der Waals surface area contributed by atoms with Crippen molar-refractivity contribution in [1.29, 1.82) is 0 Å². The van der Waals surface area contributed by atoms with Crippen LogP contribution in [-0.4, -0.2) is 21.9 Å². The molecule has 0 aromatic rings. The van der Waals surface area contributed by atoms with Gasteiger partial charge in [-0.05, 0) is 87.9 Å². The Bertz CT molecular complexity index is 380. The molecule has 2 unspecified atom stereocenters. The second-order valence-corrected chi connectivity index (χ2v) is 9.23. The summed E-state index contributed by atoms with van der Waals surface area (Å²) < 4.78 is 0. The molecule has 3 aliphatic rings. The molecule has 0 aromatic carbocycles. The van der Waals surface area contributed by atoms with Gasteiger partial charge in [-0.15, -0.1) is 0 Å². The maximum absolute atomic E-state index is 10.4. The normalized spacial score (nSPS) is 41.9. The lowest BCUT2D eigenvalue weighted by Crippen LogP contribution is -2.42. The summed E-state index contributed by atoms with van der Waals surface area (Å²) >= 11 is 0. The lowest BCUT2D eigenvalue weighted by molar-refractivity contribution is -0.0342. The molecule has 3 aliphatic carbocycles. The lowest BCUT2D eigenvalue weighted by Gasteiger charge is -2.46. The van der Waals surface area contributed by atoms with Crippen LogP contribution in [0.25, 0.3) is 0 Å². The first-order valence-electron chi connectivity index (χ1n) is 9.17. The summed E-state index contributed by atoms with van der Waals surface area (Å²) in [5.41, 5.74) is 0.438. The third kappa shape index (κ3) is 2.91. The van der Waals surface area contributed by atoms with Crippen LogP contribution in [0.3, 0.4) is 0 Å². The zero-order valence-corrected chi connectivity index (χ0v) is 14.2. The largest absolute Gasteiger partial charge is 0.393 e. The van der Waals surface area contributed by atoms with Crippen molar-refractivity contribution >= 4 is 0 Å². The highest BCUT2D eigenvalue weighted by Gasteiger charge is 2.61. The molecule has 3 fully saturated rings. The highest BCUT2D eigenvalue weighted by Crippen LogP contribution is 2.69. The Kier molecular flexibility index (Phi) is 3.94. The summed E-state index contributed by atoms with van der Waals surface area (Å²) in [4.78, 5) is 0. The number of aliphatic hydroxyl groups is 2. The predicted molar refractivity (Wildman–Crippen MR) is 86.0 cm³/mol. The van der Waals surface area contributed by atoms with Gasteiger partial charge in [0.2, 0.25) is 0 Å². The van der Waals surface area contributed by atoms with Gasteiger partial charge in [0.15, 0.2) is 0 Å². The molecule has 122 valence electrons. The van der Waals surface area contributed by atoms with Crippen LogP contribution in [0.1, 0.15) is 85.0 Å². The van der Waals surface area contributed by atoms with Crippen LogP contribution in [0.15, 0.2) is 0 Å². The Labute approximate surface area is 130 Å². The van der Waals surface area contributed by atoms with Crippen molar-refractivity contribution in [3.63, 3.8) is 0 Å². The van der Waals surface area contributed by atoms with E-state index in [9.17, 15) is 10.2 Å². The number of hydrogen-bond acceptors (Lipinski definition) is 2. The highest BCUT2D eigenvalue weighted by molar-refractivity contribution is 5.10. The van der Waals surface area contributed by atoms with E-state index in [1.807, 2.05) is 13.8 Å². The van der Waals surface area contributed by atoms with Crippen LogP contribution in [0, 0.1) is 22.7 Å². The standard InChI is InChI=1S/C19H34O2/c1-17(2,21)9-5-11-19(12-13-19)16-8-7-14-15(20)6-4-10-18(14,16)3/h14-16,20-21H,4-13H2,1-3H3/t14?,15-,16?,18-/m0/s1. The summed E-state index contributed by atoms with van der Waals surface area (Å²) in [5.74, 6) is 1.38. The molecular weight excluding hydrogens is 260 g/mol. The van der Waals surface area contributed by atoms with Crippen molar-refractivity contribution in [3.8, 4) is 0 Å². The van der Waals surface area contributed by atoms with Crippen molar-refractivity contribution in [2.75, 3.05) is 0 Å². The first-order chi connectivity index (χ1) is 9.77. The second-order valence-electron chi connectivity index (χ2n) is 9.23. The van der Waals surface area contributed by atoms with Gasteiger partial charge in [0.25, 0.3) is 0 Å². The minimum absolute atomic E-state index is 0.0408. The quantitative estimate of drug-likeness (QED) is 0.794. The molecule has 21 heavy (non-hydrogen) atoms. The predicted octanol–water partition coefficient (Wildman–Crippen LogP) is 4.29. The molecule has 2 N–H and O–H groups in total. The van der Waals surface area contributed by atoms with Gasteiger partial charge in [0, 0.05) is 0 Å².